The van der Waals surface area contributed by atoms with Crippen LogP contribution in [0.25, 0.3) is 0 Å². The van der Waals surface area contributed by atoms with E-state index in [4.69, 9.17) is 18.9 Å². The fourth-order valence-electron chi connectivity index (χ4n) is 9.61. The highest BCUT2D eigenvalue weighted by molar-refractivity contribution is 7.75. The first-order valence-electron chi connectivity index (χ1n) is 27.3. The van der Waals surface area contributed by atoms with Gasteiger partial charge in [-0.15, -0.1) is 0 Å². The predicted octanol–water partition coefficient (Wildman–Crippen LogP) is 13.2. The van der Waals surface area contributed by atoms with Crippen LogP contribution in [-0.4, -0.2) is 64.8 Å². The molecule has 0 aromatic heterocycles. The van der Waals surface area contributed by atoms with Crippen molar-refractivity contribution >= 4 is 85.5 Å². The average molecular weight is 1130 g/mol. The molecule has 0 heterocycles. The fourth-order valence-corrected chi connectivity index (χ4v) is 19.1. The monoisotopic (exact) mass is 1120 g/mol. The molecular weight excluding hydrogens is 1060 g/mol. The highest BCUT2D eigenvalue weighted by atomic mass is 31.1. The third kappa shape index (κ3) is 15.9. The van der Waals surface area contributed by atoms with E-state index < -0.39 is 31.7 Å². The lowest BCUT2D eigenvalue weighted by atomic mass is 10.3. The lowest BCUT2D eigenvalue weighted by Gasteiger charge is -2.34. The van der Waals surface area contributed by atoms with Crippen LogP contribution in [0.1, 0.15) is 0 Å². The van der Waals surface area contributed by atoms with E-state index in [2.05, 4.69) is 301 Å². The summed E-state index contributed by atoms with van der Waals surface area (Å²) in [6.07, 6.45) is 3.32. The molecule has 6 nitrogen and oxygen atoms in total. The first-order valence-corrected chi connectivity index (χ1v) is 33.5. The average Bonchev–Trinajstić information content (AvgIpc) is 3.54. The summed E-state index contributed by atoms with van der Waals surface area (Å²) in [5.41, 5.74) is 2.17. The third-order valence-electron chi connectivity index (χ3n) is 13.5. The van der Waals surface area contributed by atoms with Gasteiger partial charge in [0.05, 0.1) is 37.8 Å². The summed E-state index contributed by atoms with van der Waals surface area (Å²) in [5, 5.41) is 10.8. The van der Waals surface area contributed by atoms with E-state index in [1.54, 1.807) is 0 Å². The molecule has 0 aliphatic rings. The van der Waals surface area contributed by atoms with Crippen LogP contribution in [0.5, 0.6) is 11.5 Å². The molecule has 10 aromatic carbocycles. The van der Waals surface area contributed by atoms with Crippen LogP contribution < -0.4 is 61.7 Å². The Morgan fingerprint density at radius 1 is 0.212 bits per heavy atom. The van der Waals surface area contributed by atoms with E-state index in [9.17, 15) is 0 Å². The SMILES string of the molecule is c1ccc(P(CN(CP(c2ccccc2)c2ccccc2)c2ccccc2OCCOCCOCCOc2ccccc2N(CP(c2ccccc2)c2ccccc2)CP(c2ccccc2)c2ccccc2)c2ccccc2)cc1. The molecule has 0 aliphatic heterocycles. The number of ether oxygens (including phenoxy) is 4. The van der Waals surface area contributed by atoms with Gasteiger partial charge >= 0.3 is 0 Å². The fraction of sp³-hybridized carbons (Fsp3) is 0.143. The van der Waals surface area contributed by atoms with Crippen molar-refractivity contribution in [3.05, 3.63) is 291 Å². The van der Waals surface area contributed by atoms with Crippen LogP contribution in [0.2, 0.25) is 0 Å². The number of nitrogens with zero attached hydrogens (tertiary/aromatic N) is 2. The van der Waals surface area contributed by atoms with E-state index in [-0.39, 0.29) is 0 Å². The van der Waals surface area contributed by atoms with Gasteiger partial charge in [-0.25, -0.2) is 0 Å². The van der Waals surface area contributed by atoms with Gasteiger partial charge in [-0.2, -0.15) is 0 Å². The second-order valence-electron chi connectivity index (χ2n) is 18.9. The molecule has 0 unspecified atom stereocenters. The highest BCUT2D eigenvalue weighted by Gasteiger charge is 2.27. The molecule has 0 spiro atoms. The van der Waals surface area contributed by atoms with Crippen molar-refractivity contribution in [1.29, 1.82) is 0 Å². The Morgan fingerprint density at radius 3 is 0.625 bits per heavy atom. The number of rotatable bonds is 29. The van der Waals surface area contributed by atoms with Gasteiger partial charge in [0, 0.05) is 25.1 Å². The van der Waals surface area contributed by atoms with Gasteiger partial charge < -0.3 is 28.7 Å². The molecule has 0 radical (unpaired) electrons. The number of para-hydroxylation sites is 4. The molecule has 0 N–H and O–H groups in total. The Balaban J connectivity index is 0.787. The maximum Gasteiger partial charge on any atom is 0.142 e. The molecule has 0 aliphatic carbocycles. The number of benzene rings is 10. The van der Waals surface area contributed by atoms with E-state index >= 15 is 0 Å². The van der Waals surface area contributed by atoms with Crippen LogP contribution in [0.4, 0.5) is 11.4 Å². The molecule has 0 atom stereocenters. The molecular formula is C70H68N2O4P4. The molecule has 10 rings (SSSR count). The maximum absolute atomic E-state index is 6.66. The lowest BCUT2D eigenvalue weighted by Crippen LogP contribution is -2.32. The lowest BCUT2D eigenvalue weighted by molar-refractivity contribution is 0.0274. The Morgan fingerprint density at radius 2 is 0.400 bits per heavy atom. The Hall–Kier alpha value is -6.96. The van der Waals surface area contributed by atoms with E-state index in [0.717, 1.165) is 48.0 Å². The molecule has 0 amide bonds. The summed E-state index contributed by atoms with van der Waals surface area (Å²) >= 11 is 0. The van der Waals surface area contributed by atoms with Crippen molar-refractivity contribution in [1.82, 2.24) is 0 Å². The van der Waals surface area contributed by atoms with Crippen LogP contribution >= 0.6 is 31.7 Å². The number of hydrogen-bond donors (Lipinski definition) is 0. The van der Waals surface area contributed by atoms with Crippen LogP contribution in [0, 0.1) is 0 Å². The van der Waals surface area contributed by atoms with Gasteiger partial charge in [-0.1, -0.05) is 267 Å². The van der Waals surface area contributed by atoms with Gasteiger partial charge in [0.15, 0.2) is 0 Å². The summed E-state index contributed by atoms with van der Waals surface area (Å²) in [6.45, 7) is 2.58. The number of hydrogen-bond acceptors (Lipinski definition) is 6. The quantitative estimate of drug-likeness (QED) is 0.0344. The van der Waals surface area contributed by atoms with Gasteiger partial charge in [-0.05, 0) is 98.4 Å². The van der Waals surface area contributed by atoms with Crippen molar-refractivity contribution in [3.63, 3.8) is 0 Å². The minimum Gasteiger partial charge on any atom is -0.489 e. The second-order valence-corrected chi connectivity index (χ2v) is 27.6. The first-order chi connectivity index (χ1) is 39.7. The summed E-state index contributed by atoms with van der Waals surface area (Å²) < 4.78 is 25.6. The molecule has 0 saturated heterocycles. The Kier molecular flexibility index (Phi) is 21.5. The van der Waals surface area contributed by atoms with Gasteiger partial charge in [0.2, 0.25) is 0 Å². The second kappa shape index (κ2) is 30.6. The Labute approximate surface area is 479 Å². The Bertz CT molecular complexity index is 2770. The summed E-state index contributed by atoms with van der Waals surface area (Å²) in [5.74, 6) is 1.70. The van der Waals surface area contributed by atoms with Crippen molar-refractivity contribution in [2.45, 2.75) is 0 Å². The van der Waals surface area contributed by atoms with Crippen molar-refractivity contribution in [3.8, 4) is 11.5 Å². The van der Waals surface area contributed by atoms with Crippen LogP contribution in [-0.2, 0) is 9.47 Å². The van der Waals surface area contributed by atoms with Gasteiger partial charge in [-0.3, -0.25) is 0 Å². The van der Waals surface area contributed by atoms with Crippen LogP contribution in [0.3, 0.4) is 0 Å². The van der Waals surface area contributed by atoms with Crippen LogP contribution in [0.15, 0.2) is 291 Å². The number of anilines is 2. The zero-order valence-electron chi connectivity index (χ0n) is 45.1. The first kappa shape index (κ1) is 56.3. The standard InChI is InChI=1S/C70H68N2O4P4/c1-9-29-59(30-10-1)77(60-31-11-2-12-32-60)55-71(56-78(61-33-13-3-14-34-61)62-35-15-4-16-36-62)67-45-25-27-47-69(67)75-53-51-73-49-50-74-52-54-76-70-48-28-26-46-68(70)72(57-79(63-37-17-5-18-38-63)64-39-19-6-20-40-64)58-80(65-41-21-7-22-42-65)66-43-23-8-24-44-66/h1-48H,49-58H2. The molecule has 0 bridgehead atoms. The molecule has 80 heavy (non-hydrogen) atoms. The van der Waals surface area contributed by atoms with E-state index in [1.165, 1.54) is 42.4 Å². The topological polar surface area (TPSA) is 43.4 Å². The zero-order valence-corrected chi connectivity index (χ0v) is 48.7. The van der Waals surface area contributed by atoms with Crippen molar-refractivity contribution < 1.29 is 18.9 Å². The summed E-state index contributed by atoms with van der Waals surface area (Å²) in [4.78, 5) is 5.17. The molecule has 10 aromatic rings. The predicted molar refractivity (Wildman–Crippen MR) is 346 cm³/mol. The smallest absolute Gasteiger partial charge is 0.142 e. The highest BCUT2D eigenvalue weighted by Crippen LogP contribution is 2.46. The molecule has 10 heteroatoms. The normalized spacial score (nSPS) is 11.3. The third-order valence-corrected chi connectivity index (χ3v) is 23.4. The summed E-state index contributed by atoms with van der Waals surface area (Å²) in [7, 11) is -2.99. The minimum atomic E-state index is -0.748. The molecule has 402 valence electrons. The van der Waals surface area contributed by atoms with Gasteiger partial charge in [0.25, 0.3) is 0 Å². The molecule has 0 fully saturated rings. The van der Waals surface area contributed by atoms with Crippen molar-refractivity contribution in [2.75, 3.05) is 74.6 Å². The minimum absolute atomic E-state index is 0.410. The van der Waals surface area contributed by atoms with E-state index in [0.29, 0.717) is 39.6 Å². The van der Waals surface area contributed by atoms with Crippen molar-refractivity contribution in [2.24, 2.45) is 0 Å². The molecule has 0 saturated carbocycles. The zero-order chi connectivity index (χ0) is 54.2. The largest absolute Gasteiger partial charge is 0.489 e. The summed E-state index contributed by atoms with van der Waals surface area (Å²) in [6, 6.07) is 105. The van der Waals surface area contributed by atoms with E-state index in [1.807, 2.05) is 0 Å². The van der Waals surface area contributed by atoms with Gasteiger partial charge in [0.1, 0.15) is 24.7 Å². The maximum atomic E-state index is 6.66.